The third kappa shape index (κ3) is 12.5. The minimum atomic E-state index is -0.827. The van der Waals surface area contributed by atoms with Crippen LogP contribution in [0.3, 0.4) is 0 Å². The smallest absolute Gasteiger partial charge is 0.343 e. The molecular weight excluding hydrogens is 921 g/mol. The average Bonchev–Trinajstić information content (AvgIpc) is 3.68. The van der Waals surface area contributed by atoms with Gasteiger partial charge in [-0.15, -0.1) is 5.10 Å². The summed E-state index contributed by atoms with van der Waals surface area (Å²) < 4.78 is 67.1. The van der Waals surface area contributed by atoms with Gasteiger partial charge in [-0.1, -0.05) is 69.0 Å². The molecule has 0 unspecified atom stereocenters. The Labute approximate surface area is 408 Å². The monoisotopic (exact) mass is 970 g/mol. The zero-order chi connectivity index (χ0) is 49.8. The van der Waals surface area contributed by atoms with Crippen molar-refractivity contribution < 1.29 is 76.0 Å². The number of rotatable bonds is 23. The van der Waals surface area contributed by atoms with E-state index in [4.69, 9.17) is 56.8 Å². The van der Waals surface area contributed by atoms with E-state index in [-0.39, 0.29) is 70.9 Å². The predicted molar refractivity (Wildman–Crippen MR) is 254 cm³/mol. The predicted octanol–water partition coefficient (Wildman–Crippen LogP) is 7.86. The molecule has 0 radical (unpaired) electrons. The first kappa shape index (κ1) is 49.5. The lowest BCUT2D eigenvalue weighted by molar-refractivity contribution is -0.222. The molecule has 18 nitrogen and oxygen atoms in total. The van der Waals surface area contributed by atoms with E-state index in [0.717, 1.165) is 28.3 Å². The summed E-state index contributed by atoms with van der Waals surface area (Å²) in [6, 6.07) is 28.7. The van der Waals surface area contributed by atoms with Crippen molar-refractivity contribution in [3.05, 3.63) is 144 Å². The summed E-state index contributed by atoms with van der Waals surface area (Å²) in [5, 5.41) is 9.07. The maximum atomic E-state index is 14.0. The van der Waals surface area contributed by atoms with E-state index in [1.54, 1.807) is 13.0 Å². The van der Waals surface area contributed by atoms with E-state index in [1.165, 1.54) is 54.7 Å². The summed E-state index contributed by atoms with van der Waals surface area (Å²) in [5.41, 5.74) is 4.18. The van der Waals surface area contributed by atoms with E-state index in [2.05, 4.69) is 16.8 Å². The van der Waals surface area contributed by atoms with Gasteiger partial charge in [0.25, 0.3) is 0 Å². The van der Waals surface area contributed by atoms with E-state index < -0.39 is 43.1 Å². The highest BCUT2D eigenvalue weighted by atomic mass is 16.7. The Hall–Kier alpha value is -7.90. The molecule has 0 saturated carbocycles. The lowest BCUT2D eigenvalue weighted by atomic mass is 9.90. The van der Waals surface area contributed by atoms with E-state index >= 15 is 0 Å². The van der Waals surface area contributed by atoms with Crippen LogP contribution in [0.15, 0.2) is 126 Å². The summed E-state index contributed by atoms with van der Waals surface area (Å²) in [5.74, 6) is -2.20. The molecule has 0 atom stereocenters. The number of ether oxygens (including phenoxy) is 12. The Morgan fingerprint density at radius 3 is 1.79 bits per heavy atom. The van der Waals surface area contributed by atoms with Crippen LogP contribution in [-0.2, 0) is 38.0 Å². The van der Waals surface area contributed by atoms with Crippen LogP contribution in [0.1, 0.15) is 64.6 Å². The fraction of sp³-hybridized carbons (Fsp3) is 0.283. The number of nitrogens with zero attached hydrogens (tertiary/aromatic N) is 2. The molecule has 368 valence electrons. The normalized spacial score (nSPS) is 14.7. The molecule has 0 N–H and O–H groups in total. The number of esters is 4. The number of fused-ring (bicyclic) bond motifs is 3. The van der Waals surface area contributed by atoms with Gasteiger partial charge in [-0.25, -0.2) is 14.4 Å². The van der Waals surface area contributed by atoms with Crippen molar-refractivity contribution >= 4 is 35.8 Å². The molecule has 5 aromatic carbocycles. The zero-order valence-electron chi connectivity index (χ0n) is 39.2. The zero-order valence-corrected chi connectivity index (χ0v) is 39.2. The Morgan fingerprint density at radius 1 is 0.634 bits per heavy atom. The van der Waals surface area contributed by atoms with Crippen molar-refractivity contribution in [2.75, 3.05) is 60.2 Å². The first-order valence-corrected chi connectivity index (χ1v) is 22.4. The molecule has 18 heteroatoms. The molecule has 0 spiro atoms. The molecular formula is C53H50N2O16. The topological polar surface area (TPSA) is 204 Å². The van der Waals surface area contributed by atoms with Crippen molar-refractivity contribution in [3.8, 4) is 45.6 Å². The molecule has 2 fully saturated rings. The summed E-state index contributed by atoms with van der Waals surface area (Å²) in [7, 11) is 0. The largest absolute Gasteiger partial charge is 0.464 e. The summed E-state index contributed by atoms with van der Waals surface area (Å²) in [6.45, 7) is 10.1. The van der Waals surface area contributed by atoms with Crippen molar-refractivity contribution in [2.45, 2.75) is 32.8 Å². The van der Waals surface area contributed by atoms with Gasteiger partial charge in [0.2, 0.25) is 13.6 Å². The second-order valence-corrected chi connectivity index (χ2v) is 16.9. The summed E-state index contributed by atoms with van der Waals surface area (Å²) in [6.07, 6.45) is 2.46. The highest BCUT2D eigenvalue weighted by Crippen LogP contribution is 2.37. The van der Waals surface area contributed by atoms with Gasteiger partial charge in [0.15, 0.2) is 36.6 Å². The van der Waals surface area contributed by atoms with Crippen LogP contribution in [0.25, 0.3) is 11.1 Å². The second-order valence-electron chi connectivity index (χ2n) is 16.9. The van der Waals surface area contributed by atoms with Gasteiger partial charge in [0.1, 0.15) is 22.8 Å². The van der Waals surface area contributed by atoms with Gasteiger partial charge >= 0.3 is 23.9 Å². The van der Waals surface area contributed by atoms with Crippen LogP contribution < -0.4 is 28.4 Å². The summed E-state index contributed by atoms with van der Waals surface area (Å²) >= 11 is 0. The van der Waals surface area contributed by atoms with Gasteiger partial charge < -0.3 is 56.8 Å². The molecule has 8 rings (SSSR count). The lowest BCUT2D eigenvalue weighted by Gasteiger charge is -2.37. The molecule has 2 heterocycles. The van der Waals surface area contributed by atoms with E-state index in [1.807, 2.05) is 62.4 Å². The minimum Gasteiger partial charge on any atom is -0.464 e. The van der Waals surface area contributed by atoms with Gasteiger partial charge in [-0.2, -0.15) is 5.10 Å². The van der Waals surface area contributed by atoms with Crippen molar-refractivity contribution in [1.29, 1.82) is 0 Å². The van der Waals surface area contributed by atoms with Crippen molar-refractivity contribution in [2.24, 2.45) is 15.6 Å². The summed E-state index contributed by atoms with van der Waals surface area (Å²) in [4.78, 5) is 51.1. The third-order valence-corrected chi connectivity index (χ3v) is 11.2. The Kier molecular flexibility index (Phi) is 15.8. The molecule has 0 aromatic heterocycles. The maximum absolute atomic E-state index is 14.0. The Balaban J connectivity index is 1.05. The molecule has 0 amide bonds. The van der Waals surface area contributed by atoms with Gasteiger partial charge in [-0.05, 0) is 72.6 Å². The highest BCUT2D eigenvalue weighted by Gasteiger charge is 2.35. The molecule has 3 aliphatic rings. The van der Waals surface area contributed by atoms with Crippen LogP contribution in [-0.4, -0.2) is 102 Å². The second kappa shape index (κ2) is 22.7. The number of carbonyl (C=O) groups is 4. The fourth-order valence-electron chi connectivity index (χ4n) is 7.20. The van der Waals surface area contributed by atoms with Crippen LogP contribution in [0, 0.1) is 5.41 Å². The van der Waals surface area contributed by atoms with Crippen LogP contribution >= 0.6 is 0 Å². The number of hydrogen-bond acceptors (Lipinski definition) is 18. The maximum Gasteiger partial charge on any atom is 0.343 e. The SMILES string of the molecule is C=CC(=O)OCOc1ccc(C(=O)Oc2ccc(OC(=O)c3ccc(OCOC4(C)COC4)c(OCOCC4(C)COC4)c3)c(/C=N/N=C3c4ccccc4-c4ccccc43)c2)cc1OCOC(=O)CC. The number of hydrogen-bond donors (Lipinski definition) is 0. The molecule has 5 aromatic rings. The van der Waals surface area contributed by atoms with E-state index in [0.29, 0.717) is 44.5 Å². The van der Waals surface area contributed by atoms with E-state index in [9.17, 15) is 19.2 Å². The molecule has 71 heavy (non-hydrogen) atoms. The van der Waals surface area contributed by atoms with Crippen LogP contribution in [0.2, 0.25) is 0 Å². The first-order valence-electron chi connectivity index (χ1n) is 22.4. The Morgan fingerprint density at radius 2 is 1.20 bits per heavy atom. The molecule has 0 bridgehead atoms. The molecule has 2 aliphatic heterocycles. The van der Waals surface area contributed by atoms with Crippen molar-refractivity contribution in [3.63, 3.8) is 0 Å². The fourth-order valence-corrected chi connectivity index (χ4v) is 7.20. The number of benzene rings is 5. The Bertz CT molecular complexity index is 2800. The highest BCUT2D eigenvalue weighted by molar-refractivity contribution is 6.24. The molecule has 2 saturated heterocycles. The van der Waals surface area contributed by atoms with Crippen molar-refractivity contribution in [1.82, 2.24) is 0 Å². The van der Waals surface area contributed by atoms with Gasteiger partial charge in [0, 0.05) is 34.6 Å². The minimum absolute atomic E-state index is 0.00728. The van der Waals surface area contributed by atoms with Crippen LogP contribution in [0.4, 0.5) is 0 Å². The van der Waals surface area contributed by atoms with Crippen LogP contribution in [0.5, 0.6) is 34.5 Å². The lowest BCUT2D eigenvalue weighted by Crippen LogP contribution is -2.49. The first-order chi connectivity index (χ1) is 34.4. The average molecular weight is 971 g/mol. The quantitative estimate of drug-likeness (QED) is 0.0114. The third-order valence-electron chi connectivity index (χ3n) is 11.2. The number of carbonyl (C=O) groups excluding carboxylic acids is 4. The van der Waals surface area contributed by atoms with Gasteiger partial charge in [0.05, 0.1) is 50.4 Å². The standard InChI is InChI=1S/C53H50N2O16/c1-5-47(56)67-31-64-43-18-15-34(22-46(43)65-32-68-48(57)6-2)50(58)70-37-17-20-42(36(21-37)24-54-55-49-40-13-9-7-11-38(40)39-12-8-10-14-41(39)49)71-51(59)35-16-19-44(66-33-69-53(4)28-61-29-53)45(23-35)63-30-62-27-52(3)25-60-26-52/h5,7-24H,1,6,25-33H2,2-4H3/b54-24+. The molecule has 1 aliphatic carbocycles. The van der Waals surface area contributed by atoms with Gasteiger partial charge in [-0.3, -0.25) is 4.79 Å².